The molecule has 62 heavy (non-hydrogen) atoms. The lowest BCUT2D eigenvalue weighted by Crippen LogP contribution is -2.46. The molecule has 1 amide bonds. The van der Waals surface area contributed by atoms with Gasteiger partial charge in [-0.05, 0) is 70.6 Å². The summed E-state index contributed by atoms with van der Waals surface area (Å²) in [6.07, 6.45) is 61.3. The Morgan fingerprint density at radius 1 is 0.468 bits per heavy atom. The van der Waals surface area contributed by atoms with Gasteiger partial charge in [-0.25, -0.2) is 0 Å². The molecule has 0 aliphatic heterocycles. The fourth-order valence-electron chi connectivity index (χ4n) is 7.85. The molecular formula is C56H101NO5. The number of carbonyl (C=O) groups is 2. The first kappa shape index (κ1) is 59.6. The molecule has 0 saturated carbocycles. The van der Waals surface area contributed by atoms with E-state index in [-0.39, 0.29) is 24.9 Å². The molecule has 0 bridgehead atoms. The fraction of sp³-hybridized carbons (Fsp3) is 0.786. The van der Waals surface area contributed by atoms with E-state index in [4.69, 9.17) is 4.74 Å². The second-order valence-electron chi connectivity index (χ2n) is 18.0. The van der Waals surface area contributed by atoms with Crippen molar-refractivity contribution in [2.75, 3.05) is 6.61 Å². The zero-order chi connectivity index (χ0) is 45.2. The molecule has 0 spiro atoms. The molecule has 0 fully saturated rings. The molecular weight excluding hydrogens is 767 g/mol. The van der Waals surface area contributed by atoms with Crippen LogP contribution in [-0.2, 0) is 14.3 Å². The van der Waals surface area contributed by atoms with Gasteiger partial charge >= 0.3 is 5.97 Å². The number of unbranched alkanes of at least 4 members (excludes halogenated alkanes) is 28. The van der Waals surface area contributed by atoms with E-state index in [0.717, 1.165) is 83.5 Å². The van der Waals surface area contributed by atoms with E-state index < -0.39 is 18.2 Å². The van der Waals surface area contributed by atoms with Crippen molar-refractivity contribution in [3.05, 3.63) is 60.8 Å². The van der Waals surface area contributed by atoms with Crippen LogP contribution in [0.1, 0.15) is 258 Å². The largest absolute Gasteiger partial charge is 0.462 e. The number of aliphatic hydroxyl groups excluding tert-OH is 2. The number of rotatable bonds is 47. The molecule has 0 aromatic heterocycles. The summed E-state index contributed by atoms with van der Waals surface area (Å²) in [6, 6.07) is -0.716. The molecule has 0 aromatic carbocycles. The molecule has 0 saturated heterocycles. The number of carbonyl (C=O) groups excluding carboxylic acids is 2. The second kappa shape index (κ2) is 49.6. The summed E-state index contributed by atoms with van der Waals surface area (Å²) in [5.41, 5.74) is 0. The molecule has 0 aromatic rings. The zero-order valence-electron chi connectivity index (χ0n) is 41.0. The predicted molar refractivity (Wildman–Crippen MR) is 268 cm³/mol. The second-order valence-corrected chi connectivity index (χ2v) is 18.0. The normalized spacial score (nSPS) is 13.7. The van der Waals surface area contributed by atoms with Gasteiger partial charge in [0.15, 0.2) is 0 Å². The van der Waals surface area contributed by atoms with Crippen molar-refractivity contribution in [1.29, 1.82) is 0 Å². The van der Waals surface area contributed by atoms with Crippen molar-refractivity contribution in [1.82, 2.24) is 5.32 Å². The quantitative estimate of drug-likeness (QED) is 0.0245. The SMILES string of the molecule is CCCCC/C=C/C=C/C=C/C=C/CCCCCCCC(=O)OC(CCC/C=C\CCCCCCCC)CC(=O)NC(CO)C(O)CCCCCCCCCCCCCCCC. The lowest BCUT2D eigenvalue weighted by molar-refractivity contribution is -0.151. The van der Waals surface area contributed by atoms with E-state index in [1.807, 2.05) is 0 Å². The van der Waals surface area contributed by atoms with Crippen LogP contribution in [0.4, 0.5) is 0 Å². The summed E-state index contributed by atoms with van der Waals surface area (Å²) in [5, 5.41) is 23.8. The molecule has 0 rings (SSSR count). The Balaban J connectivity index is 4.59. The third-order valence-electron chi connectivity index (χ3n) is 11.9. The van der Waals surface area contributed by atoms with Gasteiger partial charge in [0.2, 0.25) is 5.91 Å². The van der Waals surface area contributed by atoms with Crippen molar-refractivity contribution >= 4 is 11.9 Å². The molecule has 0 aliphatic carbocycles. The van der Waals surface area contributed by atoms with Gasteiger partial charge in [0.25, 0.3) is 0 Å². The van der Waals surface area contributed by atoms with Crippen molar-refractivity contribution < 1.29 is 24.5 Å². The number of allylic oxidation sites excluding steroid dienone is 10. The molecule has 6 heteroatoms. The zero-order valence-corrected chi connectivity index (χ0v) is 41.0. The summed E-state index contributed by atoms with van der Waals surface area (Å²) >= 11 is 0. The number of ether oxygens (including phenoxy) is 1. The van der Waals surface area contributed by atoms with Gasteiger partial charge in [-0.1, -0.05) is 236 Å². The average Bonchev–Trinajstić information content (AvgIpc) is 3.26. The molecule has 3 atom stereocenters. The minimum atomic E-state index is -0.799. The number of nitrogens with one attached hydrogen (secondary N) is 1. The van der Waals surface area contributed by atoms with Crippen molar-refractivity contribution in [3.8, 4) is 0 Å². The highest BCUT2D eigenvalue weighted by atomic mass is 16.5. The Kier molecular flexibility index (Phi) is 47.6. The minimum Gasteiger partial charge on any atom is -0.462 e. The van der Waals surface area contributed by atoms with Gasteiger partial charge in [-0.3, -0.25) is 9.59 Å². The van der Waals surface area contributed by atoms with Gasteiger partial charge in [-0.15, -0.1) is 0 Å². The Morgan fingerprint density at radius 2 is 0.855 bits per heavy atom. The Hall–Kier alpha value is -2.44. The van der Waals surface area contributed by atoms with Crippen LogP contribution < -0.4 is 5.32 Å². The minimum absolute atomic E-state index is 0.0461. The average molecular weight is 868 g/mol. The van der Waals surface area contributed by atoms with E-state index >= 15 is 0 Å². The topological polar surface area (TPSA) is 95.9 Å². The third-order valence-corrected chi connectivity index (χ3v) is 11.9. The van der Waals surface area contributed by atoms with Crippen LogP contribution in [-0.4, -0.2) is 46.9 Å². The molecule has 6 nitrogen and oxygen atoms in total. The van der Waals surface area contributed by atoms with Crippen molar-refractivity contribution in [3.63, 3.8) is 0 Å². The Labute approximate surface area is 384 Å². The first-order valence-electron chi connectivity index (χ1n) is 26.6. The lowest BCUT2D eigenvalue weighted by atomic mass is 10.0. The van der Waals surface area contributed by atoms with Crippen LogP contribution >= 0.6 is 0 Å². The maximum absolute atomic E-state index is 13.2. The maximum Gasteiger partial charge on any atom is 0.306 e. The fourth-order valence-corrected chi connectivity index (χ4v) is 7.85. The number of hydrogen-bond acceptors (Lipinski definition) is 5. The summed E-state index contributed by atoms with van der Waals surface area (Å²) < 4.78 is 5.91. The first-order chi connectivity index (χ1) is 30.5. The van der Waals surface area contributed by atoms with Crippen LogP contribution in [0.25, 0.3) is 0 Å². The van der Waals surface area contributed by atoms with Crippen LogP contribution in [0.2, 0.25) is 0 Å². The molecule has 360 valence electrons. The first-order valence-corrected chi connectivity index (χ1v) is 26.6. The summed E-state index contributed by atoms with van der Waals surface area (Å²) in [4.78, 5) is 26.1. The highest BCUT2D eigenvalue weighted by Gasteiger charge is 2.24. The molecule has 3 N–H and O–H groups in total. The molecule has 0 radical (unpaired) electrons. The smallest absolute Gasteiger partial charge is 0.306 e. The van der Waals surface area contributed by atoms with Crippen LogP contribution in [0, 0.1) is 0 Å². The summed E-state index contributed by atoms with van der Waals surface area (Å²) in [5.74, 6) is -0.527. The predicted octanol–water partition coefficient (Wildman–Crippen LogP) is 16.0. The van der Waals surface area contributed by atoms with E-state index in [9.17, 15) is 19.8 Å². The van der Waals surface area contributed by atoms with Gasteiger partial charge in [0.05, 0.1) is 25.2 Å². The Morgan fingerprint density at radius 3 is 1.35 bits per heavy atom. The van der Waals surface area contributed by atoms with Crippen LogP contribution in [0.15, 0.2) is 60.8 Å². The summed E-state index contributed by atoms with van der Waals surface area (Å²) in [7, 11) is 0. The molecule has 0 aliphatic rings. The number of esters is 1. The van der Waals surface area contributed by atoms with E-state index in [0.29, 0.717) is 19.3 Å². The van der Waals surface area contributed by atoms with Crippen LogP contribution in [0.5, 0.6) is 0 Å². The van der Waals surface area contributed by atoms with Gasteiger partial charge in [0.1, 0.15) is 6.10 Å². The highest BCUT2D eigenvalue weighted by molar-refractivity contribution is 5.77. The van der Waals surface area contributed by atoms with Gasteiger partial charge in [-0.2, -0.15) is 0 Å². The van der Waals surface area contributed by atoms with E-state index in [2.05, 4.69) is 86.8 Å². The highest BCUT2D eigenvalue weighted by Crippen LogP contribution is 2.17. The van der Waals surface area contributed by atoms with E-state index in [1.165, 1.54) is 128 Å². The molecule has 3 unspecified atom stereocenters. The standard InChI is InChI=1S/C56H101NO5/c1-4-7-10-13-16-19-22-24-26-27-28-29-31-34-37-40-43-46-49-56(61)62-52(47-44-41-38-35-32-21-18-15-12-9-6-3)50-55(60)57-53(51-58)54(59)48-45-42-39-36-33-30-25-23-20-17-14-11-8-5-2/h16,19,22,24,26-29,35,38,52-54,58-59H,4-15,17-18,20-21,23,25,30-34,36-37,39-51H2,1-3H3,(H,57,60)/b19-16+,24-22+,27-26+,29-28+,38-35-. The Bertz CT molecular complexity index is 1110. The van der Waals surface area contributed by atoms with Gasteiger partial charge in [0, 0.05) is 6.42 Å². The van der Waals surface area contributed by atoms with Crippen LogP contribution in [0.3, 0.4) is 0 Å². The van der Waals surface area contributed by atoms with Crippen molar-refractivity contribution in [2.24, 2.45) is 0 Å². The number of aliphatic hydroxyl groups is 2. The molecule has 0 heterocycles. The van der Waals surface area contributed by atoms with Gasteiger partial charge < -0.3 is 20.3 Å². The number of hydrogen-bond donors (Lipinski definition) is 3. The lowest BCUT2D eigenvalue weighted by Gasteiger charge is -2.24. The number of amides is 1. The third kappa shape index (κ3) is 44.2. The maximum atomic E-state index is 13.2. The van der Waals surface area contributed by atoms with E-state index in [1.54, 1.807) is 0 Å². The monoisotopic (exact) mass is 868 g/mol. The van der Waals surface area contributed by atoms with Crippen molar-refractivity contribution in [2.45, 2.75) is 277 Å². The summed E-state index contributed by atoms with van der Waals surface area (Å²) in [6.45, 7) is 6.43.